The van der Waals surface area contributed by atoms with Gasteiger partial charge in [0.15, 0.2) is 18.5 Å². The topological polar surface area (TPSA) is 133 Å². The number of aryl methyl sites for hydroxylation is 6. The van der Waals surface area contributed by atoms with Crippen molar-refractivity contribution < 1.29 is 38.1 Å². The molecule has 46 heavy (non-hydrogen) atoms. The summed E-state index contributed by atoms with van der Waals surface area (Å²) in [5.41, 5.74) is 7.56. The SMILES string of the molecule is CO[C@@H]1OC(COC(=O)Nc2cc(C)cc(C)c2)[C@@H](C)C(OC(=O)Nc2cc(C)cc(C)c2)[C@@H]1OC(=O)Nc1cc(C)cc(C)c1. The van der Waals surface area contributed by atoms with Gasteiger partial charge in [-0.3, -0.25) is 16.0 Å². The van der Waals surface area contributed by atoms with Crippen LogP contribution in [0.4, 0.5) is 31.4 Å². The minimum atomic E-state index is -1.16. The lowest BCUT2D eigenvalue weighted by Crippen LogP contribution is -2.58. The molecule has 1 aliphatic heterocycles. The number of anilines is 3. The number of benzene rings is 3. The van der Waals surface area contributed by atoms with Gasteiger partial charge < -0.3 is 23.7 Å². The van der Waals surface area contributed by atoms with Crippen molar-refractivity contribution in [3.8, 4) is 0 Å². The molecule has 0 aromatic heterocycles. The second-order valence-electron chi connectivity index (χ2n) is 12.0. The fraction of sp³-hybridized carbons (Fsp3) is 0.400. The Hall–Kier alpha value is -4.61. The van der Waals surface area contributed by atoms with Crippen molar-refractivity contribution in [1.82, 2.24) is 0 Å². The normalized spacial score (nSPS) is 20.7. The third-order valence-corrected chi connectivity index (χ3v) is 7.51. The third-order valence-electron chi connectivity index (χ3n) is 7.51. The molecule has 3 amide bonds. The molecule has 5 atom stereocenters. The number of nitrogens with one attached hydrogen (secondary N) is 3. The number of amides is 3. The summed E-state index contributed by atoms with van der Waals surface area (Å²) in [6, 6.07) is 16.9. The van der Waals surface area contributed by atoms with Gasteiger partial charge in [-0.05, 0) is 111 Å². The van der Waals surface area contributed by atoms with Gasteiger partial charge in [0, 0.05) is 30.1 Å². The molecule has 0 bridgehead atoms. The smallest absolute Gasteiger partial charge is 0.412 e. The maximum Gasteiger partial charge on any atom is 0.412 e. The molecule has 1 aliphatic rings. The highest BCUT2D eigenvalue weighted by Crippen LogP contribution is 2.32. The van der Waals surface area contributed by atoms with Crippen molar-refractivity contribution in [3.63, 3.8) is 0 Å². The van der Waals surface area contributed by atoms with Crippen LogP contribution < -0.4 is 16.0 Å². The summed E-state index contributed by atoms with van der Waals surface area (Å²) in [5.74, 6) is -0.593. The lowest BCUT2D eigenvalue weighted by atomic mass is 9.90. The highest BCUT2D eigenvalue weighted by atomic mass is 16.7. The molecule has 1 fully saturated rings. The lowest BCUT2D eigenvalue weighted by molar-refractivity contribution is -0.277. The molecular weight excluding hydrogens is 590 g/mol. The standard InChI is InChI=1S/C35H43N3O8/c1-19-9-20(2)13-26(12-19)36-33(39)43-18-29-25(7)30(45-34(40)37-27-14-21(3)10-22(4)15-27)31(32(42-8)44-29)46-35(41)38-28-16-23(5)11-24(6)17-28/h9-17,25,29-32H,18H2,1-8H3,(H,36,39)(H,37,40)(H,38,41)/t25-,29?,30?,31+,32-/m1/s1. The molecule has 3 N–H and O–H groups in total. The first kappa shape index (κ1) is 34.3. The van der Waals surface area contributed by atoms with Crippen LogP contribution in [0.25, 0.3) is 0 Å². The Morgan fingerprint density at radius 2 is 0.978 bits per heavy atom. The van der Waals surface area contributed by atoms with Crippen molar-refractivity contribution in [1.29, 1.82) is 0 Å². The predicted octanol–water partition coefficient (Wildman–Crippen LogP) is 7.33. The van der Waals surface area contributed by atoms with Gasteiger partial charge in [-0.2, -0.15) is 0 Å². The van der Waals surface area contributed by atoms with E-state index in [-0.39, 0.29) is 6.61 Å². The summed E-state index contributed by atoms with van der Waals surface area (Å²) < 4.78 is 28.9. The maximum absolute atomic E-state index is 13.2. The molecule has 0 radical (unpaired) electrons. The molecule has 11 heteroatoms. The predicted molar refractivity (Wildman–Crippen MR) is 175 cm³/mol. The number of rotatable bonds is 8. The van der Waals surface area contributed by atoms with Crippen LogP contribution in [-0.4, -0.2) is 56.6 Å². The summed E-state index contributed by atoms with van der Waals surface area (Å²) in [6.45, 7) is 13.1. The molecule has 1 saturated heterocycles. The van der Waals surface area contributed by atoms with Gasteiger partial charge in [0.2, 0.25) is 0 Å². The highest BCUT2D eigenvalue weighted by Gasteiger charge is 2.49. The van der Waals surface area contributed by atoms with Crippen molar-refractivity contribution in [2.24, 2.45) is 5.92 Å². The van der Waals surface area contributed by atoms with E-state index in [9.17, 15) is 14.4 Å². The van der Waals surface area contributed by atoms with E-state index in [1.165, 1.54) is 7.11 Å². The van der Waals surface area contributed by atoms with E-state index in [1.807, 2.05) is 96.1 Å². The number of hydrogen-bond acceptors (Lipinski definition) is 8. The van der Waals surface area contributed by atoms with Gasteiger partial charge in [-0.15, -0.1) is 0 Å². The van der Waals surface area contributed by atoms with Crippen LogP contribution in [0.3, 0.4) is 0 Å². The molecule has 11 nitrogen and oxygen atoms in total. The summed E-state index contributed by atoms with van der Waals surface area (Å²) >= 11 is 0. The molecule has 246 valence electrons. The lowest BCUT2D eigenvalue weighted by Gasteiger charge is -2.43. The van der Waals surface area contributed by atoms with Gasteiger partial charge in [-0.1, -0.05) is 25.1 Å². The van der Waals surface area contributed by atoms with Crippen LogP contribution in [-0.2, 0) is 23.7 Å². The monoisotopic (exact) mass is 633 g/mol. The average Bonchev–Trinajstić information content (AvgIpc) is 2.92. The number of methoxy groups -OCH3 is 1. The summed E-state index contributed by atoms with van der Waals surface area (Å²) in [4.78, 5) is 39.0. The fourth-order valence-electron chi connectivity index (χ4n) is 5.71. The van der Waals surface area contributed by atoms with Crippen molar-refractivity contribution in [2.45, 2.75) is 73.1 Å². The molecule has 4 rings (SSSR count). The zero-order valence-corrected chi connectivity index (χ0v) is 27.6. The molecule has 0 spiro atoms. The minimum absolute atomic E-state index is 0.183. The molecule has 1 heterocycles. The first-order valence-electron chi connectivity index (χ1n) is 15.1. The highest BCUT2D eigenvalue weighted by molar-refractivity contribution is 5.86. The Morgan fingerprint density at radius 3 is 1.37 bits per heavy atom. The number of carbonyl (C=O) groups excluding carboxylic acids is 3. The molecular formula is C35H43N3O8. The van der Waals surface area contributed by atoms with Gasteiger partial charge in [0.25, 0.3) is 0 Å². The van der Waals surface area contributed by atoms with Crippen LogP contribution in [0.2, 0.25) is 0 Å². The Kier molecular flexibility index (Phi) is 11.3. The zero-order chi connectivity index (χ0) is 33.5. The molecule has 0 aliphatic carbocycles. The Balaban J connectivity index is 1.51. The minimum Gasteiger partial charge on any atom is -0.447 e. The van der Waals surface area contributed by atoms with Gasteiger partial charge >= 0.3 is 18.3 Å². The third kappa shape index (κ3) is 9.45. The van der Waals surface area contributed by atoms with Crippen molar-refractivity contribution in [2.75, 3.05) is 29.7 Å². The quantitative estimate of drug-likeness (QED) is 0.220. The van der Waals surface area contributed by atoms with E-state index in [1.54, 1.807) is 6.92 Å². The van der Waals surface area contributed by atoms with Gasteiger partial charge in [0.05, 0.1) is 0 Å². The van der Waals surface area contributed by atoms with E-state index in [0.717, 1.165) is 33.4 Å². The summed E-state index contributed by atoms with van der Waals surface area (Å²) in [6.07, 6.45) is -6.31. The first-order chi connectivity index (χ1) is 21.8. The Labute approximate surface area is 269 Å². The number of hydrogen-bond donors (Lipinski definition) is 3. The van der Waals surface area contributed by atoms with Crippen LogP contribution >= 0.6 is 0 Å². The second kappa shape index (κ2) is 15.1. The maximum atomic E-state index is 13.2. The number of ether oxygens (including phenoxy) is 5. The van der Waals surface area contributed by atoms with E-state index >= 15 is 0 Å². The van der Waals surface area contributed by atoms with E-state index in [0.29, 0.717) is 17.1 Å². The first-order valence-corrected chi connectivity index (χ1v) is 15.1. The van der Waals surface area contributed by atoms with Crippen LogP contribution in [0.5, 0.6) is 0 Å². The van der Waals surface area contributed by atoms with Crippen molar-refractivity contribution in [3.05, 3.63) is 88.0 Å². The largest absolute Gasteiger partial charge is 0.447 e. The fourth-order valence-corrected chi connectivity index (χ4v) is 5.71. The van der Waals surface area contributed by atoms with E-state index in [2.05, 4.69) is 16.0 Å². The summed E-state index contributed by atoms with van der Waals surface area (Å²) in [7, 11) is 1.39. The Morgan fingerprint density at radius 1 is 0.609 bits per heavy atom. The second-order valence-corrected chi connectivity index (χ2v) is 12.0. The van der Waals surface area contributed by atoms with Crippen LogP contribution in [0.15, 0.2) is 54.6 Å². The summed E-state index contributed by atoms with van der Waals surface area (Å²) in [5, 5.41) is 8.22. The number of carbonyl (C=O) groups is 3. The molecule has 2 unspecified atom stereocenters. The van der Waals surface area contributed by atoms with E-state index < -0.39 is 48.8 Å². The Bertz CT molecular complexity index is 1510. The van der Waals surface area contributed by atoms with E-state index in [4.69, 9.17) is 23.7 Å². The van der Waals surface area contributed by atoms with Gasteiger partial charge in [0.1, 0.15) is 12.7 Å². The van der Waals surface area contributed by atoms with Gasteiger partial charge in [-0.25, -0.2) is 14.4 Å². The molecule has 3 aromatic carbocycles. The van der Waals surface area contributed by atoms with Crippen LogP contribution in [0.1, 0.15) is 40.3 Å². The average molecular weight is 634 g/mol. The molecule has 3 aromatic rings. The molecule has 0 saturated carbocycles. The van der Waals surface area contributed by atoms with Crippen LogP contribution in [0, 0.1) is 47.5 Å². The van der Waals surface area contributed by atoms with Crippen molar-refractivity contribution >= 4 is 35.3 Å². The zero-order valence-electron chi connectivity index (χ0n) is 27.6.